The molecule has 0 aromatic heterocycles. The first-order valence-corrected chi connectivity index (χ1v) is 8.06. The van der Waals surface area contributed by atoms with Crippen LogP contribution in [0.15, 0.2) is 71.7 Å². The van der Waals surface area contributed by atoms with Crippen LogP contribution in [0.3, 0.4) is 0 Å². The van der Waals surface area contributed by atoms with E-state index in [-0.39, 0.29) is 23.9 Å². The van der Waals surface area contributed by atoms with E-state index in [1.807, 2.05) is 36.4 Å². The van der Waals surface area contributed by atoms with Crippen molar-refractivity contribution in [2.75, 3.05) is 0 Å². The number of halogens is 1. The van der Waals surface area contributed by atoms with Crippen molar-refractivity contribution < 1.29 is 9.90 Å². The second-order valence-corrected chi connectivity index (χ2v) is 5.84. The van der Waals surface area contributed by atoms with Crippen LogP contribution in [0.25, 0.3) is 22.3 Å². The van der Waals surface area contributed by atoms with Gasteiger partial charge in [0.2, 0.25) is 0 Å². The topological polar surface area (TPSA) is 125 Å². The van der Waals surface area contributed by atoms with Gasteiger partial charge in [-0.3, -0.25) is 0 Å². The number of guanidine groups is 1. The number of carboxylic acids is 1. The number of aromatic carboxylic acids is 1. The molecule has 0 aliphatic carbocycles. The van der Waals surface area contributed by atoms with Crippen molar-refractivity contribution in [3.8, 4) is 28.3 Å². The molecule has 5 N–H and O–H groups in total. The van der Waals surface area contributed by atoms with Crippen LogP contribution in [0, 0.1) is 11.3 Å². The molecule has 0 spiro atoms. The molecule has 0 bridgehead atoms. The Bertz CT molecular complexity index is 1070. The molecule has 0 aliphatic heterocycles. The molecule has 7 heteroatoms. The molecule has 0 aliphatic rings. The molecule has 3 rings (SSSR count). The van der Waals surface area contributed by atoms with E-state index in [9.17, 15) is 9.90 Å². The Morgan fingerprint density at radius 3 is 1.93 bits per heavy atom. The number of hydrogen-bond acceptors (Lipinski definition) is 3. The number of benzene rings is 3. The zero-order valence-corrected chi connectivity index (χ0v) is 15.5. The van der Waals surface area contributed by atoms with Crippen LogP contribution in [0.2, 0.25) is 0 Å². The molecular weight excluding hydrogens is 376 g/mol. The lowest BCUT2D eigenvalue weighted by atomic mass is 9.96. The van der Waals surface area contributed by atoms with Gasteiger partial charge in [-0.25, -0.2) is 9.79 Å². The molecular formula is C21H17ClN4O2. The number of carboxylic acid groups (broad SMARTS) is 1. The molecule has 0 saturated heterocycles. The van der Waals surface area contributed by atoms with E-state index in [1.54, 1.807) is 24.3 Å². The van der Waals surface area contributed by atoms with Gasteiger partial charge in [-0.15, -0.1) is 12.4 Å². The predicted octanol–water partition coefficient (Wildman–Crippen LogP) is 3.92. The first-order valence-electron chi connectivity index (χ1n) is 8.06. The van der Waals surface area contributed by atoms with Crippen LogP contribution in [-0.2, 0) is 0 Å². The maximum Gasteiger partial charge on any atom is 0.336 e. The Labute approximate surface area is 168 Å². The minimum atomic E-state index is -1.03. The van der Waals surface area contributed by atoms with Crippen LogP contribution in [0.1, 0.15) is 15.9 Å². The number of carbonyl (C=O) groups is 1. The number of hydrogen-bond donors (Lipinski definition) is 3. The Morgan fingerprint density at radius 1 is 0.893 bits per heavy atom. The Hall–Kier alpha value is -3.82. The fourth-order valence-corrected chi connectivity index (χ4v) is 2.76. The fraction of sp³-hybridized carbons (Fsp3) is 0. The van der Waals surface area contributed by atoms with E-state index < -0.39 is 5.97 Å². The first kappa shape index (κ1) is 20.5. The highest BCUT2D eigenvalue weighted by Crippen LogP contribution is 2.30. The highest BCUT2D eigenvalue weighted by atomic mass is 35.5. The molecule has 0 heterocycles. The summed E-state index contributed by atoms with van der Waals surface area (Å²) in [5.74, 6) is -1.13. The van der Waals surface area contributed by atoms with Gasteiger partial charge in [0.05, 0.1) is 22.9 Å². The predicted molar refractivity (Wildman–Crippen MR) is 112 cm³/mol. The standard InChI is InChI=1S/C21H16N4O2.ClH/c22-12-13-1-3-14(4-2-13)15-5-7-16(8-6-15)19-11-17(25-21(23)24)9-10-18(19)20(26)27;/h1-11H,(H,26,27)(H4,23,24,25);1H. The van der Waals surface area contributed by atoms with Crippen molar-refractivity contribution in [2.24, 2.45) is 16.5 Å². The molecule has 3 aromatic rings. The highest BCUT2D eigenvalue weighted by molar-refractivity contribution is 5.97. The lowest BCUT2D eigenvalue weighted by Crippen LogP contribution is -2.21. The second-order valence-electron chi connectivity index (χ2n) is 5.84. The monoisotopic (exact) mass is 392 g/mol. The van der Waals surface area contributed by atoms with E-state index in [1.165, 1.54) is 6.07 Å². The van der Waals surface area contributed by atoms with Crippen LogP contribution in [0.4, 0.5) is 5.69 Å². The summed E-state index contributed by atoms with van der Waals surface area (Å²) in [4.78, 5) is 15.5. The van der Waals surface area contributed by atoms with E-state index >= 15 is 0 Å². The van der Waals surface area contributed by atoms with Gasteiger partial charge < -0.3 is 16.6 Å². The van der Waals surface area contributed by atoms with Crippen LogP contribution >= 0.6 is 12.4 Å². The third kappa shape index (κ3) is 4.47. The third-order valence-corrected chi connectivity index (χ3v) is 4.03. The maximum absolute atomic E-state index is 11.6. The normalized spacial score (nSPS) is 9.68. The second kappa shape index (κ2) is 8.71. The number of rotatable bonds is 4. The summed E-state index contributed by atoms with van der Waals surface area (Å²) in [5.41, 5.74) is 15.2. The molecule has 0 unspecified atom stereocenters. The molecule has 0 fully saturated rings. The summed E-state index contributed by atoms with van der Waals surface area (Å²) < 4.78 is 0. The largest absolute Gasteiger partial charge is 0.478 e. The van der Waals surface area contributed by atoms with Crippen LogP contribution in [-0.4, -0.2) is 17.0 Å². The Morgan fingerprint density at radius 2 is 1.43 bits per heavy atom. The van der Waals surface area contributed by atoms with E-state index in [0.29, 0.717) is 16.8 Å². The fourth-order valence-electron chi connectivity index (χ4n) is 2.76. The smallest absolute Gasteiger partial charge is 0.336 e. The quantitative estimate of drug-likeness (QED) is 0.458. The summed E-state index contributed by atoms with van der Waals surface area (Å²) in [6.45, 7) is 0. The van der Waals surface area contributed by atoms with E-state index in [0.717, 1.165) is 16.7 Å². The zero-order valence-electron chi connectivity index (χ0n) is 14.7. The van der Waals surface area contributed by atoms with Gasteiger partial charge in [-0.1, -0.05) is 36.4 Å². The maximum atomic E-state index is 11.6. The summed E-state index contributed by atoms with van der Waals surface area (Å²) in [5, 5.41) is 18.4. The average molecular weight is 393 g/mol. The van der Waals surface area contributed by atoms with Crippen molar-refractivity contribution in [1.82, 2.24) is 0 Å². The van der Waals surface area contributed by atoms with Gasteiger partial charge in [-0.2, -0.15) is 5.26 Å². The van der Waals surface area contributed by atoms with Crippen molar-refractivity contribution in [3.05, 3.63) is 77.9 Å². The molecule has 140 valence electrons. The number of aliphatic imine (C=N–C) groups is 1. The molecule has 0 amide bonds. The van der Waals surface area contributed by atoms with Gasteiger partial charge in [0, 0.05) is 0 Å². The summed E-state index contributed by atoms with van der Waals surface area (Å²) in [6.07, 6.45) is 0. The lowest BCUT2D eigenvalue weighted by molar-refractivity contribution is 0.0698. The number of nitrogens with zero attached hydrogens (tertiary/aromatic N) is 2. The minimum absolute atomic E-state index is 0. The van der Waals surface area contributed by atoms with Crippen LogP contribution in [0.5, 0.6) is 0 Å². The Kier molecular flexibility index (Phi) is 6.38. The van der Waals surface area contributed by atoms with Crippen molar-refractivity contribution in [1.29, 1.82) is 5.26 Å². The third-order valence-electron chi connectivity index (χ3n) is 4.03. The molecule has 6 nitrogen and oxygen atoms in total. The summed E-state index contributed by atoms with van der Waals surface area (Å²) >= 11 is 0. The Balaban J connectivity index is 0.00000280. The number of nitrogens with two attached hydrogens (primary N) is 2. The van der Waals surface area contributed by atoms with Crippen molar-refractivity contribution >= 4 is 30.0 Å². The van der Waals surface area contributed by atoms with E-state index in [2.05, 4.69) is 11.1 Å². The molecule has 3 aromatic carbocycles. The molecule has 0 atom stereocenters. The highest BCUT2D eigenvalue weighted by Gasteiger charge is 2.13. The minimum Gasteiger partial charge on any atom is -0.478 e. The molecule has 0 saturated carbocycles. The van der Waals surface area contributed by atoms with Gasteiger partial charge in [0.25, 0.3) is 0 Å². The summed E-state index contributed by atoms with van der Waals surface area (Å²) in [7, 11) is 0. The van der Waals surface area contributed by atoms with Gasteiger partial charge in [-0.05, 0) is 52.6 Å². The van der Waals surface area contributed by atoms with E-state index in [4.69, 9.17) is 16.7 Å². The van der Waals surface area contributed by atoms with Crippen molar-refractivity contribution in [2.45, 2.75) is 0 Å². The van der Waals surface area contributed by atoms with Crippen molar-refractivity contribution in [3.63, 3.8) is 0 Å². The first-order chi connectivity index (χ1) is 13.0. The summed E-state index contributed by atoms with van der Waals surface area (Å²) in [6, 6.07) is 21.5. The molecule has 0 radical (unpaired) electrons. The lowest BCUT2D eigenvalue weighted by Gasteiger charge is -2.09. The molecule has 28 heavy (non-hydrogen) atoms. The average Bonchev–Trinajstić information content (AvgIpc) is 2.67. The zero-order chi connectivity index (χ0) is 19.4. The van der Waals surface area contributed by atoms with Gasteiger partial charge >= 0.3 is 5.97 Å². The SMILES string of the molecule is Cl.N#Cc1ccc(-c2ccc(-c3cc(N=C(N)N)ccc3C(=O)O)cc2)cc1. The van der Waals surface area contributed by atoms with Crippen LogP contribution < -0.4 is 11.5 Å². The van der Waals surface area contributed by atoms with Gasteiger partial charge in [0.1, 0.15) is 0 Å². The number of nitriles is 1. The van der Waals surface area contributed by atoms with Gasteiger partial charge in [0.15, 0.2) is 5.96 Å².